The van der Waals surface area contributed by atoms with Crippen molar-refractivity contribution in [3.63, 3.8) is 0 Å². The highest BCUT2D eigenvalue weighted by Crippen LogP contribution is 2.19. The Hall–Kier alpha value is -3.38. The van der Waals surface area contributed by atoms with Gasteiger partial charge in [-0.15, -0.1) is 0 Å². The third kappa shape index (κ3) is 9.74. The van der Waals surface area contributed by atoms with Gasteiger partial charge in [0.05, 0.1) is 6.54 Å². The highest BCUT2D eigenvalue weighted by molar-refractivity contribution is 5.94. The van der Waals surface area contributed by atoms with Gasteiger partial charge >= 0.3 is 5.97 Å². The van der Waals surface area contributed by atoms with Crippen LogP contribution >= 0.6 is 0 Å². The molecular formula is C20H35N7O6. The lowest BCUT2D eigenvalue weighted by Crippen LogP contribution is -2.55. The molecule has 1 aliphatic heterocycles. The zero-order chi connectivity index (χ0) is 25.0. The molecule has 1 rings (SSSR count). The Balaban J connectivity index is 2.63. The van der Waals surface area contributed by atoms with Crippen molar-refractivity contribution in [2.24, 2.45) is 16.5 Å². The molecule has 0 aromatic carbocycles. The molecule has 13 nitrogen and oxygen atoms in total. The van der Waals surface area contributed by atoms with Crippen molar-refractivity contribution >= 4 is 35.6 Å². The fraction of sp³-hybridized carbons (Fsp3) is 0.700. The number of rotatable bonds is 13. The fourth-order valence-electron chi connectivity index (χ4n) is 3.43. The Kier molecular flexibility index (Phi) is 11.7. The zero-order valence-electron chi connectivity index (χ0n) is 19.1. The molecule has 1 heterocycles. The molecule has 3 unspecified atom stereocenters. The van der Waals surface area contributed by atoms with E-state index in [2.05, 4.69) is 20.9 Å². The molecule has 0 radical (unpaired) electrons. The van der Waals surface area contributed by atoms with Crippen LogP contribution in [0.4, 0.5) is 0 Å². The number of hydrogen-bond acceptors (Lipinski definition) is 6. The van der Waals surface area contributed by atoms with Crippen LogP contribution in [0.1, 0.15) is 52.4 Å². The minimum Gasteiger partial charge on any atom is -0.480 e. The molecule has 13 heteroatoms. The van der Waals surface area contributed by atoms with Gasteiger partial charge < -0.3 is 37.4 Å². The van der Waals surface area contributed by atoms with Gasteiger partial charge in [0.25, 0.3) is 0 Å². The summed E-state index contributed by atoms with van der Waals surface area (Å²) in [5.74, 6) is -3.10. The van der Waals surface area contributed by atoms with Crippen molar-refractivity contribution in [1.82, 2.24) is 20.9 Å². The number of amides is 4. The Morgan fingerprint density at radius 1 is 1.15 bits per heavy atom. The first kappa shape index (κ1) is 27.7. The van der Waals surface area contributed by atoms with E-state index in [0.29, 0.717) is 38.6 Å². The summed E-state index contributed by atoms with van der Waals surface area (Å²) < 4.78 is 0. The highest BCUT2D eigenvalue weighted by atomic mass is 16.4. The van der Waals surface area contributed by atoms with Crippen molar-refractivity contribution in [3.05, 3.63) is 0 Å². The summed E-state index contributed by atoms with van der Waals surface area (Å²) in [6.45, 7) is 3.62. The number of hydrogen-bond donors (Lipinski definition) is 6. The summed E-state index contributed by atoms with van der Waals surface area (Å²) in [6.07, 6.45) is 2.37. The third-order valence-electron chi connectivity index (χ3n) is 5.07. The van der Waals surface area contributed by atoms with Crippen LogP contribution in [-0.2, 0) is 24.0 Å². The number of guanidine groups is 1. The lowest BCUT2D eigenvalue weighted by molar-refractivity contribution is -0.144. The van der Waals surface area contributed by atoms with E-state index in [4.69, 9.17) is 11.5 Å². The predicted octanol–water partition coefficient (Wildman–Crippen LogP) is -1.98. The van der Waals surface area contributed by atoms with Crippen LogP contribution in [0.2, 0.25) is 0 Å². The van der Waals surface area contributed by atoms with Crippen molar-refractivity contribution in [2.45, 2.75) is 70.5 Å². The van der Waals surface area contributed by atoms with Gasteiger partial charge in [0.15, 0.2) is 5.96 Å². The van der Waals surface area contributed by atoms with Crippen LogP contribution in [-0.4, -0.2) is 83.3 Å². The molecule has 8 N–H and O–H groups in total. The molecule has 0 saturated carbocycles. The molecule has 3 atom stereocenters. The van der Waals surface area contributed by atoms with Gasteiger partial charge in [-0.3, -0.25) is 24.2 Å². The van der Waals surface area contributed by atoms with Crippen molar-refractivity contribution in [1.29, 1.82) is 0 Å². The summed E-state index contributed by atoms with van der Waals surface area (Å²) in [4.78, 5) is 65.7. The lowest BCUT2D eigenvalue weighted by atomic mass is 10.1. The molecule has 1 saturated heterocycles. The molecule has 33 heavy (non-hydrogen) atoms. The van der Waals surface area contributed by atoms with Crippen molar-refractivity contribution in [3.8, 4) is 0 Å². The summed E-state index contributed by atoms with van der Waals surface area (Å²) in [5.41, 5.74) is 10.5. The summed E-state index contributed by atoms with van der Waals surface area (Å²) in [7, 11) is 0. The van der Waals surface area contributed by atoms with Gasteiger partial charge in [0.2, 0.25) is 23.6 Å². The monoisotopic (exact) mass is 469 g/mol. The van der Waals surface area contributed by atoms with Gasteiger partial charge in [0, 0.05) is 19.5 Å². The zero-order valence-corrected chi connectivity index (χ0v) is 19.1. The number of nitrogens with two attached hydrogens (primary N) is 2. The second kappa shape index (κ2) is 13.9. The van der Waals surface area contributed by atoms with Gasteiger partial charge in [-0.1, -0.05) is 6.92 Å². The standard InChI is InChI=1S/C20H35N7O6/c1-3-6-15(28)24-11-16(29)25-12(2)18(31)27-10-5-8-14(27)17(30)26-13(19(32)33)7-4-9-23-20(21)22/h12-14H,3-11H2,1-2H3,(H,24,28)(H,25,29)(H,26,30)(H,32,33)(H4,21,22,23). The number of carbonyl (C=O) groups excluding carboxylic acids is 4. The van der Waals surface area contributed by atoms with E-state index in [-0.39, 0.29) is 31.4 Å². The van der Waals surface area contributed by atoms with Crippen molar-refractivity contribution < 1.29 is 29.1 Å². The fourth-order valence-corrected chi connectivity index (χ4v) is 3.43. The van der Waals surface area contributed by atoms with Gasteiger partial charge in [0.1, 0.15) is 18.1 Å². The predicted molar refractivity (Wildman–Crippen MR) is 120 cm³/mol. The molecule has 0 aromatic rings. The van der Waals surface area contributed by atoms with E-state index < -0.39 is 41.8 Å². The molecular weight excluding hydrogens is 434 g/mol. The van der Waals surface area contributed by atoms with E-state index in [1.807, 2.05) is 6.92 Å². The Morgan fingerprint density at radius 3 is 2.45 bits per heavy atom. The molecule has 1 fully saturated rings. The maximum atomic E-state index is 12.8. The first-order valence-corrected chi connectivity index (χ1v) is 11.0. The molecule has 0 aromatic heterocycles. The molecule has 1 aliphatic rings. The minimum atomic E-state index is -1.20. The lowest BCUT2D eigenvalue weighted by Gasteiger charge is -2.28. The topological polar surface area (TPSA) is 209 Å². The van der Waals surface area contributed by atoms with Crippen LogP contribution in [0.25, 0.3) is 0 Å². The average Bonchev–Trinajstić information content (AvgIpc) is 3.23. The summed E-state index contributed by atoms with van der Waals surface area (Å²) >= 11 is 0. The maximum Gasteiger partial charge on any atom is 0.326 e. The van der Waals surface area contributed by atoms with E-state index in [9.17, 15) is 29.1 Å². The van der Waals surface area contributed by atoms with Crippen LogP contribution < -0.4 is 27.4 Å². The number of carboxylic acid groups (broad SMARTS) is 1. The highest BCUT2D eigenvalue weighted by Gasteiger charge is 2.37. The number of nitrogens with one attached hydrogen (secondary N) is 3. The molecule has 0 spiro atoms. The van der Waals surface area contributed by atoms with Crippen molar-refractivity contribution in [2.75, 3.05) is 19.6 Å². The van der Waals surface area contributed by atoms with E-state index in [1.54, 1.807) is 0 Å². The first-order chi connectivity index (χ1) is 15.6. The van der Waals surface area contributed by atoms with Crippen LogP contribution in [0, 0.1) is 0 Å². The van der Waals surface area contributed by atoms with E-state index in [0.717, 1.165) is 0 Å². The molecule has 4 amide bonds. The maximum absolute atomic E-state index is 12.8. The van der Waals surface area contributed by atoms with Gasteiger partial charge in [-0.05, 0) is 39.0 Å². The van der Waals surface area contributed by atoms with Crippen LogP contribution in [0.5, 0.6) is 0 Å². The van der Waals surface area contributed by atoms with E-state index in [1.165, 1.54) is 11.8 Å². The minimum absolute atomic E-state index is 0.101. The number of aliphatic imine (C=N–C) groups is 1. The summed E-state index contributed by atoms with van der Waals surface area (Å²) in [6, 6.07) is -2.89. The number of carboxylic acids is 1. The number of carbonyl (C=O) groups is 5. The second-order valence-corrected chi connectivity index (χ2v) is 7.85. The van der Waals surface area contributed by atoms with Crippen LogP contribution in [0.15, 0.2) is 4.99 Å². The van der Waals surface area contributed by atoms with E-state index >= 15 is 0 Å². The van der Waals surface area contributed by atoms with Gasteiger partial charge in [-0.25, -0.2) is 4.79 Å². The Labute approximate surface area is 192 Å². The summed E-state index contributed by atoms with van der Waals surface area (Å²) in [5, 5.41) is 16.9. The average molecular weight is 470 g/mol. The van der Waals surface area contributed by atoms with Crippen LogP contribution in [0.3, 0.4) is 0 Å². The SMILES string of the molecule is CCCC(=O)NCC(=O)NC(C)C(=O)N1CCCC1C(=O)NC(CCCN=C(N)N)C(=O)O. The smallest absolute Gasteiger partial charge is 0.326 e. The normalized spacial score (nSPS) is 16.9. The quantitative estimate of drug-likeness (QED) is 0.101. The first-order valence-electron chi connectivity index (χ1n) is 11.0. The van der Waals surface area contributed by atoms with Gasteiger partial charge in [-0.2, -0.15) is 0 Å². The third-order valence-corrected chi connectivity index (χ3v) is 5.07. The second-order valence-electron chi connectivity index (χ2n) is 7.85. The largest absolute Gasteiger partial charge is 0.480 e. The number of likely N-dealkylation sites (tertiary alicyclic amines) is 1. The Bertz CT molecular complexity index is 753. The Morgan fingerprint density at radius 2 is 1.85 bits per heavy atom. The molecule has 186 valence electrons. The molecule has 0 bridgehead atoms. The number of nitrogens with zero attached hydrogens (tertiary/aromatic N) is 2. The molecule has 0 aliphatic carbocycles. The number of aliphatic carboxylic acids is 1.